The quantitative estimate of drug-likeness (QED) is 0.835. The molecule has 2 N–H and O–H groups in total. The lowest BCUT2D eigenvalue weighted by atomic mass is 10.1. The van der Waals surface area contributed by atoms with E-state index in [1.165, 1.54) is 0 Å². The van der Waals surface area contributed by atoms with Gasteiger partial charge in [-0.05, 0) is 26.1 Å². The van der Waals surface area contributed by atoms with Crippen LogP contribution in [0.25, 0.3) is 0 Å². The zero-order chi connectivity index (χ0) is 13.1. The first-order valence-electron chi connectivity index (χ1n) is 6.52. The molecule has 1 aliphatic rings. The number of carbonyl (C=O) groups is 1. The third kappa shape index (κ3) is 2.42. The number of aromatic nitrogens is 1. The van der Waals surface area contributed by atoms with Crippen LogP contribution in [-0.2, 0) is 6.54 Å². The second-order valence-corrected chi connectivity index (χ2v) is 4.83. The Kier molecular flexibility index (Phi) is 4.04. The van der Waals surface area contributed by atoms with Gasteiger partial charge in [-0.25, -0.2) is 0 Å². The fraction of sp³-hybridized carbons (Fsp3) is 0.615. The highest BCUT2D eigenvalue weighted by Gasteiger charge is 2.29. The first-order chi connectivity index (χ1) is 8.67. The minimum absolute atomic E-state index is 0.102. The lowest BCUT2D eigenvalue weighted by Gasteiger charge is -2.39. The molecule has 2 heterocycles. The van der Waals surface area contributed by atoms with Gasteiger partial charge in [0.1, 0.15) is 5.69 Å². The van der Waals surface area contributed by atoms with Crippen molar-refractivity contribution in [2.45, 2.75) is 19.5 Å². The maximum absolute atomic E-state index is 12.5. The van der Waals surface area contributed by atoms with E-state index >= 15 is 0 Å². The lowest BCUT2D eigenvalue weighted by Crippen LogP contribution is -2.57. The molecule has 1 aliphatic heterocycles. The van der Waals surface area contributed by atoms with Crippen molar-refractivity contribution in [2.24, 2.45) is 5.73 Å². The van der Waals surface area contributed by atoms with Crippen LogP contribution in [0, 0.1) is 0 Å². The monoisotopic (exact) mass is 250 g/mol. The molecular weight excluding hydrogens is 228 g/mol. The van der Waals surface area contributed by atoms with Crippen LogP contribution in [0.3, 0.4) is 0 Å². The van der Waals surface area contributed by atoms with Crippen LogP contribution in [0.4, 0.5) is 0 Å². The van der Waals surface area contributed by atoms with Crippen LogP contribution >= 0.6 is 0 Å². The number of nitrogens with two attached hydrogens (primary N) is 1. The number of hydrogen-bond acceptors (Lipinski definition) is 3. The summed E-state index contributed by atoms with van der Waals surface area (Å²) in [6.07, 6.45) is 1.95. The number of nitrogens with zero attached hydrogens (tertiary/aromatic N) is 3. The first-order valence-corrected chi connectivity index (χ1v) is 6.52. The molecule has 0 saturated carbocycles. The maximum Gasteiger partial charge on any atom is 0.270 e. The van der Waals surface area contributed by atoms with Gasteiger partial charge in [-0.1, -0.05) is 0 Å². The summed E-state index contributed by atoms with van der Waals surface area (Å²) < 4.78 is 1.98. The summed E-state index contributed by atoms with van der Waals surface area (Å²) in [5.74, 6) is 0.102. The summed E-state index contributed by atoms with van der Waals surface area (Å²) in [5.41, 5.74) is 6.55. The minimum Gasteiger partial charge on any atom is -0.344 e. The highest BCUT2D eigenvalue weighted by atomic mass is 16.2. The molecule has 1 fully saturated rings. The van der Waals surface area contributed by atoms with Crippen molar-refractivity contribution in [2.75, 3.05) is 33.2 Å². The summed E-state index contributed by atoms with van der Waals surface area (Å²) in [7, 11) is 2.07. The summed E-state index contributed by atoms with van der Waals surface area (Å²) in [5, 5.41) is 0. The standard InChI is InChI=1S/C13H22N4O/c1-3-16-6-4-5-12(16)13(18)17-8-7-15(2)10-11(17)9-14/h4-6,11H,3,7-10,14H2,1-2H3. The van der Waals surface area contributed by atoms with Gasteiger partial charge >= 0.3 is 0 Å². The van der Waals surface area contributed by atoms with E-state index in [-0.39, 0.29) is 11.9 Å². The number of amides is 1. The normalized spacial score (nSPS) is 21.3. The van der Waals surface area contributed by atoms with E-state index in [0.717, 1.165) is 31.9 Å². The molecule has 2 rings (SSSR count). The average Bonchev–Trinajstić information content (AvgIpc) is 2.86. The smallest absolute Gasteiger partial charge is 0.270 e. The van der Waals surface area contributed by atoms with Crippen LogP contribution in [0.2, 0.25) is 0 Å². The Morgan fingerprint density at radius 2 is 2.28 bits per heavy atom. The van der Waals surface area contributed by atoms with Crippen molar-refractivity contribution in [1.29, 1.82) is 0 Å². The molecular formula is C13H22N4O. The van der Waals surface area contributed by atoms with Crippen LogP contribution in [0.15, 0.2) is 18.3 Å². The van der Waals surface area contributed by atoms with Crippen molar-refractivity contribution < 1.29 is 4.79 Å². The molecule has 0 aliphatic carbocycles. The van der Waals surface area contributed by atoms with Gasteiger partial charge in [0.2, 0.25) is 0 Å². The van der Waals surface area contributed by atoms with Crippen molar-refractivity contribution >= 4 is 5.91 Å². The number of carbonyl (C=O) groups excluding carboxylic acids is 1. The van der Waals surface area contributed by atoms with Crippen LogP contribution < -0.4 is 5.73 Å². The highest BCUT2D eigenvalue weighted by molar-refractivity contribution is 5.93. The van der Waals surface area contributed by atoms with Crippen molar-refractivity contribution in [3.05, 3.63) is 24.0 Å². The number of piperazine rings is 1. The van der Waals surface area contributed by atoms with E-state index in [2.05, 4.69) is 11.9 Å². The molecule has 5 nitrogen and oxygen atoms in total. The van der Waals surface area contributed by atoms with Crippen LogP contribution in [0.5, 0.6) is 0 Å². The first kappa shape index (κ1) is 13.1. The Balaban J connectivity index is 2.17. The van der Waals surface area contributed by atoms with E-state index in [9.17, 15) is 4.79 Å². The van der Waals surface area contributed by atoms with Crippen LogP contribution in [-0.4, -0.2) is 59.5 Å². The molecule has 100 valence electrons. The third-order valence-electron chi connectivity index (χ3n) is 3.61. The molecule has 0 bridgehead atoms. The zero-order valence-electron chi connectivity index (χ0n) is 11.2. The van der Waals surface area contributed by atoms with E-state index in [0.29, 0.717) is 6.54 Å². The van der Waals surface area contributed by atoms with Gasteiger partial charge in [-0.15, -0.1) is 0 Å². The summed E-state index contributed by atoms with van der Waals surface area (Å²) in [6.45, 7) is 5.90. The van der Waals surface area contributed by atoms with Crippen LogP contribution in [0.1, 0.15) is 17.4 Å². The SMILES string of the molecule is CCn1cccc1C(=O)N1CCN(C)CC1CN. The maximum atomic E-state index is 12.5. The summed E-state index contributed by atoms with van der Waals surface area (Å²) in [4.78, 5) is 16.7. The zero-order valence-corrected chi connectivity index (χ0v) is 11.2. The second-order valence-electron chi connectivity index (χ2n) is 4.83. The summed E-state index contributed by atoms with van der Waals surface area (Å²) in [6, 6.07) is 3.93. The van der Waals surface area contributed by atoms with Crippen molar-refractivity contribution in [3.63, 3.8) is 0 Å². The number of rotatable bonds is 3. The Hall–Kier alpha value is -1.33. The molecule has 0 aromatic carbocycles. The van der Waals surface area contributed by atoms with Crippen molar-refractivity contribution in [3.8, 4) is 0 Å². The summed E-state index contributed by atoms with van der Waals surface area (Å²) >= 11 is 0. The molecule has 1 amide bonds. The van der Waals surface area contributed by atoms with Crippen molar-refractivity contribution in [1.82, 2.24) is 14.4 Å². The predicted molar refractivity (Wildman–Crippen MR) is 71.5 cm³/mol. The average molecular weight is 250 g/mol. The molecule has 0 radical (unpaired) electrons. The van der Waals surface area contributed by atoms with Gasteiger partial charge in [0, 0.05) is 38.9 Å². The van der Waals surface area contributed by atoms with Gasteiger partial charge in [-0.2, -0.15) is 0 Å². The van der Waals surface area contributed by atoms with E-state index in [1.54, 1.807) is 0 Å². The largest absolute Gasteiger partial charge is 0.344 e. The number of likely N-dealkylation sites (N-methyl/N-ethyl adjacent to an activating group) is 1. The Morgan fingerprint density at radius 1 is 1.50 bits per heavy atom. The van der Waals surface area contributed by atoms with E-state index < -0.39 is 0 Å². The van der Waals surface area contributed by atoms with E-state index in [4.69, 9.17) is 5.73 Å². The fourth-order valence-corrected chi connectivity index (χ4v) is 2.51. The number of hydrogen-bond donors (Lipinski definition) is 1. The van der Waals surface area contributed by atoms with Gasteiger partial charge in [0.15, 0.2) is 0 Å². The molecule has 1 atom stereocenters. The highest BCUT2D eigenvalue weighted by Crippen LogP contribution is 2.13. The molecule has 1 aromatic rings. The Labute approximate surface area is 108 Å². The second kappa shape index (κ2) is 5.54. The minimum atomic E-state index is 0.102. The fourth-order valence-electron chi connectivity index (χ4n) is 2.51. The Bertz CT molecular complexity index is 415. The predicted octanol–water partition coefficient (Wildman–Crippen LogP) is 0.223. The molecule has 18 heavy (non-hydrogen) atoms. The van der Waals surface area contributed by atoms with Gasteiger partial charge in [0.05, 0.1) is 6.04 Å². The molecule has 1 unspecified atom stereocenters. The third-order valence-corrected chi connectivity index (χ3v) is 3.61. The van der Waals surface area contributed by atoms with Gasteiger partial charge in [-0.3, -0.25) is 4.79 Å². The molecule has 1 aromatic heterocycles. The van der Waals surface area contributed by atoms with Gasteiger partial charge < -0.3 is 20.1 Å². The number of aryl methyl sites for hydroxylation is 1. The molecule has 0 spiro atoms. The topological polar surface area (TPSA) is 54.5 Å². The molecule has 1 saturated heterocycles. The molecule has 5 heteroatoms. The Morgan fingerprint density at radius 3 is 2.94 bits per heavy atom. The lowest BCUT2D eigenvalue weighted by molar-refractivity contribution is 0.0505. The van der Waals surface area contributed by atoms with E-state index in [1.807, 2.05) is 34.7 Å². The van der Waals surface area contributed by atoms with Gasteiger partial charge in [0.25, 0.3) is 5.91 Å².